The Morgan fingerprint density at radius 3 is 2.54 bits per heavy atom. The fraction of sp³-hybridized carbons (Fsp3) is 0.381. The molecule has 0 unspecified atom stereocenters. The van der Waals surface area contributed by atoms with Crippen molar-refractivity contribution in [3.05, 3.63) is 35.1 Å². The van der Waals surface area contributed by atoms with Crippen LogP contribution in [0.3, 0.4) is 0 Å². The van der Waals surface area contributed by atoms with Gasteiger partial charge >= 0.3 is 0 Å². The lowest BCUT2D eigenvalue weighted by Crippen LogP contribution is -2.18. The first-order valence-electron chi connectivity index (χ1n) is 9.20. The van der Waals surface area contributed by atoms with E-state index >= 15 is 0 Å². The highest BCUT2D eigenvalue weighted by molar-refractivity contribution is 6.33. The summed E-state index contributed by atoms with van der Waals surface area (Å²) in [7, 11) is 0. The Bertz CT molecular complexity index is 854. The molecule has 6 nitrogen and oxygen atoms in total. The molecule has 1 aromatic heterocycles. The van der Waals surface area contributed by atoms with E-state index in [4.69, 9.17) is 22.3 Å². The van der Waals surface area contributed by atoms with E-state index in [1.165, 1.54) is 38.8 Å². The summed E-state index contributed by atoms with van der Waals surface area (Å²) in [6.45, 7) is 3.52. The highest BCUT2D eigenvalue weighted by Gasteiger charge is 2.24. The molecule has 0 bridgehead atoms. The van der Waals surface area contributed by atoms with Crippen LogP contribution >= 0.6 is 11.6 Å². The minimum atomic E-state index is 0.568. The van der Waals surface area contributed by atoms with Crippen LogP contribution in [0.15, 0.2) is 24.5 Å². The Balaban J connectivity index is 0.000000514. The first kappa shape index (κ1) is 21.3. The molecular weight excluding hydrogens is 372 g/mol. The Labute approximate surface area is 171 Å². The molecule has 28 heavy (non-hydrogen) atoms. The summed E-state index contributed by atoms with van der Waals surface area (Å²) in [5, 5.41) is 23.5. The van der Waals surface area contributed by atoms with Crippen molar-refractivity contribution < 1.29 is 0 Å². The second-order valence-electron chi connectivity index (χ2n) is 6.52. The lowest BCUT2D eigenvalue weighted by atomic mass is 10.1. The molecule has 2 fully saturated rings. The third-order valence-corrected chi connectivity index (χ3v) is 4.83. The topological polar surface area (TPSA) is 80.7 Å². The van der Waals surface area contributed by atoms with Gasteiger partial charge < -0.3 is 15.6 Å². The zero-order valence-corrected chi connectivity index (χ0v) is 16.8. The number of halogens is 1. The quantitative estimate of drug-likeness (QED) is 0.550. The Hall–Kier alpha value is -2.96. The number of rotatable bonds is 5. The summed E-state index contributed by atoms with van der Waals surface area (Å²) in [6, 6.07) is 6.25. The average Bonchev–Trinajstić information content (AvgIpc) is 3.21. The monoisotopic (exact) mass is 396 g/mol. The molecule has 1 saturated heterocycles. The van der Waals surface area contributed by atoms with Crippen LogP contribution in [-0.2, 0) is 0 Å². The maximum Gasteiger partial charge on any atom is 0.0770 e. The van der Waals surface area contributed by atoms with Gasteiger partial charge in [0.25, 0.3) is 0 Å². The molecule has 2 aromatic rings. The molecular formula is C21H25ClN6. The van der Waals surface area contributed by atoms with E-state index < -0.39 is 0 Å². The van der Waals surface area contributed by atoms with Gasteiger partial charge in [-0.05, 0) is 37.8 Å². The zero-order chi connectivity index (χ0) is 20.5. The van der Waals surface area contributed by atoms with Crippen molar-refractivity contribution in [1.29, 1.82) is 10.7 Å². The number of anilines is 3. The third-order valence-electron chi connectivity index (χ3n) is 4.52. The third kappa shape index (κ3) is 5.28. The fourth-order valence-electron chi connectivity index (χ4n) is 3.10. The van der Waals surface area contributed by atoms with Crippen LogP contribution < -0.4 is 10.2 Å². The van der Waals surface area contributed by atoms with E-state index in [0.29, 0.717) is 11.1 Å². The van der Waals surface area contributed by atoms with E-state index in [2.05, 4.69) is 34.2 Å². The van der Waals surface area contributed by atoms with Crippen molar-refractivity contribution in [3.8, 4) is 18.9 Å². The molecule has 146 valence electrons. The molecule has 1 aliphatic carbocycles. The zero-order valence-electron chi connectivity index (χ0n) is 16.0. The number of terminal acetylenes is 1. The molecule has 1 saturated carbocycles. The van der Waals surface area contributed by atoms with Crippen molar-refractivity contribution in [1.82, 2.24) is 9.78 Å². The van der Waals surface area contributed by atoms with Gasteiger partial charge in [0.15, 0.2) is 0 Å². The van der Waals surface area contributed by atoms with Crippen molar-refractivity contribution in [2.75, 3.05) is 23.3 Å². The van der Waals surface area contributed by atoms with Crippen LogP contribution in [0.4, 0.5) is 17.1 Å². The molecule has 0 amide bonds. The molecule has 0 spiro atoms. The van der Waals surface area contributed by atoms with Gasteiger partial charge in [0, 0.05) is 43.7 Å². The van der Waals surface area contributed by atoms with Crippen molar-refractivity contribution in [2.45, 2.75) is 38.6 Å². The number of nitriles is 1. The van der Waals surface area contributed by atoms with Crippen LogP contribution in [0.5, 0.6) is 0 Å². The van der Waals surface area contributed by atoms with Crippen LogP contribution in [-0.4, -0.2) is 29.1 Å². The number of aromatic nitrogens is 2. The number of hydrogen-bond acceptors (Lipinski definition) is 5. The van der Waals surface area contributed by atoms with Crippen molar-refractivity contribution >= 4 is 34.9 Å². The van der Waals surface area contributed by atoms with Crippen LogP contribution in [0.25, 0.3) is 0 Å². The fourth-order valence-corrected chi connectivity index (χ4v) is 3.39. The normalized spacial score (nSPS) is 14.8. The molecule has 0 radical (unpaired) electrons. The van der Waals surface area contributed by atoms with Gasteiger partial charge in [0.2, 0.25) is 0 Å². The first-order chi connectivity index (χ1) is 13.7. The molecule has 2 heterocycles. The molecule has 4 rings (SSSR count). The largest absolute Gasteiger partial charge is 0.370 e. The van der Waals surface area contributed by atoms with E-state index in [-0.39, 0.29) is 0 Å². The molecule has 7 heteroatoms. The molecule has 1 aliphatic heterocycles. The van der Waals surface area contributed by atoms with Gasteiger partial charge in [-0.1, -0.05) is 11.6 Å². The number of nitrogens with one attached hydrogen (secondary N) is 2. The minimum absolute atomic E-state index is 0.568. The lowest BCUT2D eigenvalue weighted by Gasteiger charge is -2.21. The summed E-state index contributed by atoms with van der Waals surface area (Å²) in [4.78, 5) is 2.31. The van der Waals surface area contributed by atoms with Crippen molar-refractivity contribution in [2.24, 2.45) is 0 Å². The Kier molecular flexibility index (Phi) is 7.92. The standard InChI is InChI=1S/C17H20ClN5.C2H3N.C2H2/c18-15-7-12(9-19)16(8-17(15)22-5-1-2-6-22)21-13-10-20-23(11-13)14-3-4-14;1-2-3;1-2/h7-11,14,19,21H,1-6H2;1H3;1-2H. The van der Waals surface area contributed by atoms with E-state index in [0.717, 1.165) is 35.7 Å². The van der Waals surface area contributed by atoms with Gasteiger partial charge in [-0.3, -0.25) is 4.68 Å². The minimum Gasteiger partial charge on any atom is -0.370 e. The molecule has 2 N–H and O–H groups in total. The van der Waals surface area contributed by atoms with Gasteiger partial charge in [0.05, 0.1) is 34.7 Å². The number of hydrogen-bond donors (Lipinski definition) is 2. The summed E-state index contributed by atoms with van der Waals surface area (Å²) in [6.07, 6.45) is 18.1. The van der Waals surface area contributed by atoms with Gasteiger partial charge in [-0.15, -0.1) is 12.8 Å². The highest BCUT2D eigenvalue weighted by Crippen LogP contribution is 2.37. The van der Waals surface area contributed by atoms with Gasteiger partial charge in [-0.25, -0.2) is 0 Å². The number of benzene rings is 1. The maximum atomic E-state index is 7.65. The van der Waals surface area contributed by atoms with E-state index in [9.17, 15) is 0 Å². The summed E-state index contributed by atoms with van der Waals surface area (Å²) in [5.74, 6) is 0. The van der Waals surface area contributed by atoms with E-state index in [1.807, 2.05) is 23.1 Å². The van der Waals surface area contributed by atoms with E-state index in [1.54, 1.807) is 6.07 Å². The average molecular weight is 397 g/mol. The second kappa shape index (κ2) is 10.4. The molecule has 2 aliphatic rings. The van der Waals surface area contributed by atoms with Crippen LogP contribution in [0.2, 0.25) is 5.02 Å². The van der Waals surface area contributed by atoms with Crippen molar-refractivity contribution in [3.63, 3.8) is 0 Å². The number of nitrogens with zero attached hydrogens (tertiary/aromatic N) is 4. The molecule has 0 atom stereocenters. The second-order valence-corrected chi connectivity index (χ2v) is 6.93. The van der Waals surface area contributed by atoms with Crippen LogP contribution in [0, 0.1) is 29.6 Å². The predicted molar refractivity (Wildman–Crippen MR) is 116 cm³/mol. The lowest BCUT2D eigenvalue weighted by molar-refractivity contribution is 0.642. The van der Waals surface area contributed by atoms with Gasteiger partial charge in [-0.2, -0.15) is 10.4 Å². The predicted octanol–water partition coefficient (Wildman–Crippen LogP) is 4.99. The van der Waals surface area contributed by atoms with Crippen LogP contribution in [0.1, 0.15) is 44.2 Å². The summed E-state index contributed by atoms with van der Waals surface area (Å²) >= 11 is 6.43. The summed E-state index contributed by atoms with van der Waals surface area (Å²) < 4.78 is 2.02. The Morgan fingerprint density at radius 1 is 1.32 bits per heavy atom. The first-order valence-corrected chi connectivity index (χ1v) is 9.58. The van der Waals surface area contributed by atoms with Gasteiger partial charge in [0.1, 0.15) is 0 Å². The smallest absolute Gasteiger partial charge is 0.0770 e. The molecule has 1 aromatic carbocycles. The Morgan fingerprint density at radius 2 is 1.96 bits per heavy atom. The summed E-state index contributed by atoms with van der Waals surface area (Å²) in [5.41, 5.74) is 3.69. The highest BCUT2D eigenvalue weighted by atomic mass is 35.5. The SMILES string of the molecule is C#C.CC#N.N=Cc1cc(Cl)c(N2CCCC2)cc1Nc1cnn(C2CC2)c1. The maximum absolute atomic E-state index is 7.65.